The molecule has 1 saturated heterocycles. The van der Waals surface area contributed by atoms with Crippen molar-refractivity contribution < 1.29 is 39.1 Å². The van der Waals surface area contributed by atoms with E-state index in [0.29, 0.717) is 11.2 Å². The minimum Gasteiger partial charge on any atom is -0.393 e. The van der Waals surface area contributed by atoms with Gasteiger partial charge in [-0.05, 0) is 24.4 Å². The van der Waals surface area contributed by atoms with Crippen molar-refractivity contribution in [3.05, 3.63) is 23.4 Å². The zero-order chi connectivity index (χ0) is 27.1. The van der Waals surface area contributed by atoms with Crippen LogP contribution in [-0.2, 0) is 20.5 Å². The number of nitrogens with one attached hydrogen (secondary N) is 2. The van der Waals surface area contributed by atoms with E-state index >= 15 is 0 Å². The SMILES string of the molecule is O=P(O)(O)C(CO)(Cc1c[nH]nn1)OC[C@H]1O[C@@H](n2ncc3c(NC4CCCC4)nc(Cl)nc32)[C@H](O)[C@@H]1O. The molecule has 1 unspecified atom stereocenters. The number of nitrogens with zero attached hydrogens (tertiary/aromatic N) is 6. The number of aliphatic hydroxyl groups excluding tert-OH is 3. The summed E-state index contributed by atoms with van der Waals surface area (Å²) in [4.78, 5) is 28.4. The molecule has 5 atom stereocenters. The predicted molar refractivity (Wildman–Crippen MR) is 130 cm³/mol. The Morgan fingerprint density at radius 1 is 1.26 bits per heavy atom. The van der Waals surface area contributed by atoms with Crippen LogP contribution in [-0.4, -0.2) is 103 Å². The van der Waals surface area contributed by atoms with Crippen molar-refractivity contribution in [3.63, 3.8) is 0 Å². The minimum absolute atomic E-state index is 0.0464. The van der Waals surface area contributed by atoms with Gasteiger partial charge >= 0.3 is 7.60 Å². The molecule has 2 aliphatic rings. The van der Waals surface area contributed by atoms with Gasteiger partial charge in [-0.2, -0.15) is 15.1 Å². The second-order valence-electron chi connectivity index (χ2n) is 9.44. The first kappa shape index (κ1) is 27.3. The van der Waals surface area contributed by atoms with Crippen LogP contribution < -0.4 is 5.32 Å². The Hall–Kier alpha value is -2.27. The molecule has 0 radical (unpaired) electrons. The summed E-state index contributed by atoms with van der Waals surface area (Å²) in [6, 6.07) is 0.238. The molecule has 5 rings (SSSR count). The van der Waals surface area contributed by atoms with Gasteiger partial charge in [0.1, 0.15) is 24.1 Å². The van der Waals surface area contributed by atoms with Crippen molar-refractivity contribution in [3.8, 4) is 0 Å². The van der Waals surface area contributed by atoms with Crippen molar-refractivity contribution in [2.24, 2.45) is 0 Å². The molecule has 4 heterocycles. The summed E-state index contributed by atoms with van der Waals surface area (Å²) >= 11 is 6.17. The highest BCUT2D eigenvalue weighted by molar-refractivity contribution is 7.53. The summed E-state index contributed by atoms with van der Waals surface area (Å²) in [6.45, 7) is -1.64. The van der Waals surface area contributed by atoms with E-state index in [1.54, 1.807) is 0 Å². The maximum atomic E-state index is 12.3. The number of rotatable bonds is 10. The van der Waals surface area contributed by atoms with E-state index < -0.39 is 57.1 Å². The first-order chi connectivity index (χ1) is 18.1. The van der Waals surface area contributed by atoms with Crippen molar-refractivity contribution >= 4 is 36.0 Å². The summed E-state index contributed by atoms with van der Waals surface area (Å²) in [5.41, 5.74) is 0.393. The van der Waals surface area contributed by atoms with Crippen LogP contribution in [0.5, 0.6) is 0 Å². The predicted octanol–water partition coefficient (Wildman–Crippen LogP) is -0.303. The lowest BCUT2D eigenvalue weighted by atomic mass is 10.1. The zero-order valence-electron chi connectivity index (χ0n) is 20.0. The molecule has 208 valence electrons. The molecule has 1 saturated carbocycles. The van der Waals surface area contributed by atoms with Gasteiger partial charge in [0.15, 0.2) is 17.2 Å². The fourth-order valence-electron chi connectivity index (χ4n) is 4.79. The Labute approximate surface area is 220 Å². The minimum atomic E-state index is -5.07. The maximum Gasteiger partial charge on any atom is 0.359 e. The van der Waals surface area contributed by atoms with E-state index in [1.807, 2.05) is 0 Å². The van der Waals surface area contributed by atoms with Crippen LogP contribution in [0, 0.1) is 0 Å². The molecule has 3 aromatic rings. The Bertz CT molecular complexity index is 1300. The number of halogens is 1. The third-order valence-corrected chi connectivity index (χ3v) is 8.58. The second kappa shape index (κ2) is 10.7. The molecule has 2 fully saturated rings. The van der Waals surface area contributed by atoms with Gasteiger partial charge in [-0.25, -0.2) is 4.68 Å². The number of hydrogen-bond acceptors (Lipinski definition) is 12. The van der Waals surface area contributed by atoms with Gasteiger partial charge in [-0.1, -0.05) is 18.1 Å². The first-order valence-corrected chi connectivity index (χ1v) is 14.0. The monoisotopic (exact) mass is 574 g/mol. The molecule has 0 amide bonds. The number of hydrogen-bond donors (Lipinski definition) is 7. The largest absolute Gasteiger partial charge is 0.393 e. The van der Waals surface area contributed by atoms with Gasteiger partial charge in [0, 0.05) is 18.7 Å². The van der Waals surface area contributed by atoms with Crippen LogP contribution in [0.4, 0.5) is 5.82 Å². The number of aromatic nitrogens is 7. The highest BCUT2D eigenvalue weighted by Gasteiger charge is 2.51. The standard InChI is InChI=1S/C20H28ClN8O8P/c21-19-25-16(24-10-3-1-2-4-10)12-7-23-29(17(12)26-19)18-15(32)14(31)13(37-18)8-36-20(9-30,38(33,34)35)5-11-6-22-28-27-11/h6-7,10,13-15,18,30-32H,1-5,8-9H2,(H,22,27,28)(H,24,25,26)(H2,33,34,35)/t13-,14-,15-,18-,20?/m1/s1. The Morgan fingerprint density at radius 2 is 2.03 bits per heavy atom. The molecular formula is C20H28ClN8O8P. The molecule has 0 spiro atoms. The number of H-pyrrole nitrogens is 1. The molecule has 3 aromatic heterocycles. The van der Waals surface area contributed by atoms with E-state index in [1.165, 1.54) is 17.1 Å². The average molecular weight is 575 g/mol. The lowest BCUT2D eigenvalue weighted by Gasteiger charge is -2.33. The van der Waals surface area contributed by atoms with Crippen molar-refractivity contribution in [2.45, 2.75) is 68.0 Å². The van der Waals surface area contributed by atoms with Crippen LogP contribution in [0.15, 0.2) is 12.4 Å². The molecule has 7 N–H and O–H groups in total. The molecule has 0 aromatic carbocycles. The van der Waals surface area contributed by atoms with E-state index in [4.69, 9.17) is 21.1 Å². The number of ether oxygens (including phenoxy) is 2. The summed E-state index contributed by atoms with van der Waals surface area (Å²) in [6.07, 6.45) is 1.05. The lowest BCUT2D eigenvalue weighted by molar-refractivity contribution is -0.109. The van der Waals surface area contributed by atoms with Gasteiger partial charge in [0.05, 0.1) is 30.5 Å². The highest BCUT2D eigenvalue weighted by atomic mass is 35.5. The van der Waals surface area contributed by atoms with Crippen LogP contribution in [0.2, 0.25) is 5.28 Å². The molecule has 1 aliphatic heterocycles. The van der Waals surface area contributed by atoms with E-state index in [-0.39, 0.29) is 22.7 Å². The van der Waals surface area contributed by atoms with Crippen LogP contribution in [0.25, 0.3) is 11.0 Å². The fourth-order valence-corrected chi connectivity index (χ4v) is 5.75. The van der Waals surface area contributed by atoms with Crippen molar-refractivity contribution in [1.82, 2.24) is 35.2 Å². The summed E-state index contributed by atoms with van der Waals surface area (Å²) < 4.78 is 24.9. The van der Waals surface area contributed by atoms with Crippen LogP contribution in [0.1, 0.15) is 37.6 Å². The average Bonchev–Trinajstić information content (AvgIpc) is 3.67. The molecule has 0 bridgehead atoms. The number of aromatic amines is 1. The number of anilines is 1. The first-order valence-electron chi connectivity index (χ1n) is 12.0. The quantitative estimate of drug-likeness (QED) is 0.122. The fraction of sp³-hybridized carbons (Fsp3) is 0.650. The maximum absolute atomic E-state index is 12.3. The molecule has 18 heteroatoms. The lowest BCUT2D eigenvalue weighted by Crippen LogP contribution is -2.43. The highest BCUT2D eigenvalue weighted by Crippen LogP contribution is 2.53. The van der Waals surface area contributed by atoms with E-state index in [2.05, 4.69) is 35.8 Å². The molecule has 1 aliphatic carbocycles. The molecular weight excluding hydrogens is 547 g/mol. The molecule has 38 heavy (non-hydrogen) atoms. The normalized spacial score (nSPS) is 26.3. The third kappa shape index (κ3) is 5.15. The van der Waals surface area contributed by atoms with Crippen molar-refractivity contribution in [1.29, 1.82) is 0 Å². The van der Waals surface area contributed by atoms with E-state index in [0.717, 1.165) is 25.7 Å². The summed E-state index contributed by atoms with van der Waals surface area (Å²) in [7, 11) is -5.07. The Kier molecular flexibility index (Phi) is 7.70. The number of fused-ring (bicyclic) bond motifs is 1. The van der Waals surface area contributed by atoms with E-state index in [9.17, 15) is 29.7 Å². The zero-order valence-corrected chi connectivity index (χ0v) is 21.6. The second-order valence-corrected chi connectivity index (χ2v) is 11.7. The Balaban J connectivity index is 1.36. The van der Waals surface area contributed by atoms with Crippen LogP contribution in [0.3, 0.4) is 0 Å². The topological polar surface area (TPSA) is 234 Å². The Morgan fingerprint density at radius 3 is 2.68 bits per heavy atom. The van der Waals surface area contributed by atoms with Gasteiger partial charge in [-0.3, -0.25) is 9.66 Å². The smallest absolute Gasteiger partial charge is 0.359 e. The van der Waals surface area contributed by atoms with Crippen molar-refractivity contribution in [2.75, 3.05) is 18.5 Å². The summed E-state index contributed by atoms with van der Waals surface area (Å²) in [5, 5.41) is 46.7. The summed E-state index contributed by atoms with van der Waals surface area (Å²) in [5.74, 6) is 0.494. The van der Waals surface area contributed by atoms with Crippen LogP contribution >= 0.6 is 19.2 Å². The molecule has 16 nitrogen and oxygen atoms in total. The number of aliphatic hydroxyl groups is 3. The van der Waals surface area contributed by atoms with Gasteiger partial charge in [0.25, 0.3) is 0 Å². The third-order valence-electron chi connectivity index (χ3n) is 6.92. The van der Waals surface area contributed by atoms with Gasteiger partial charge < -0.3 is 39.9 Å². The van der Waals surface area contributed by atoms with Gasteiger partial charge in [0.2, 0.25) is 5.28 Å². The van der Waals surface area contributed by atoms with Gasteiger partial charge in [-0.15, -0.1) is 5.10 Å².